The van der Waals surface area contributed by atoms with Crippen LogP contribution in [-0.4, -0.2) is 5.91 Å². The Hall–Kier alpha value is -1.09. The molecule has 2 nitrogen and oxygen atoms in total. The van der Waals surface area contributed by atoms with Crippen molar-refractivity contribution in [2.75, 3.05) is 5.32 Å². The summed E-state index contributed by atoms with van der Waals surface area (Å²) in [5.41, 5.74) is 2.68. The van der Waals surface area contributed by atoms with Gasteiger partial charge in [-0.3, -0.25) is 4.79 Å². The summed E-state index contributed by atoms with van der Waals surface area (Å²) < 4.78 is 0.899. The smallest absolute Gasteiger partial charge is 0.251 e. The van der Waals surface area contributed by atoms with Crippen LogP contribution in [0.1, 0.15) is 25.8 Å². The van der Waals surface area contributed by atoms with Gasteiger partial charge in [-0.25, -0.2) is 0 Å². The van der Waals surface area contributed by atoms with Crippen LogP contribution < -0.4 is 5.32 Å². The Morgan fingerprint density at radius 1 is 1.50 bits per heavy atom. The third-order valence-electron chi connectivity index (χ3n) is 2.24. The van der Waals surface area contributed by atoms with E-state index in [0.29, 0.717) is 0 Å². The number of hydrogen-bond acceptors (Lipinski definition) is 1. The predicted octanol–water partition coefficient (Wildman–Crippen LogP) is 4.05. The Morgan fingerprint density at radius 2 is 2.19 bits per heavy atom. The van der Waals surface area contributed by atoms with Crippen LogP contribution in [0.15, 0.2) is 34.3 Å². The fraction of sp³-hybridized carbons (Fsp3) is 0.308. The quantitative estimate of drug-likeness (QED) is 0.832. The molecule has 0 saturated heterocycles. The first kappa shape index (κ1) is 13.0. The van der Waals surface area contributed by atoms with Crippen LogP contribution >= 0.6 is 15.9 Å². The molecule has 1 N–H and O–H groups in total. The average molecular weight is 282 g/mol. The van der Waals surface area contributed by atoms with Gasteiger partial charge in [0.05, 0.1) is 5.69 Å². The standard InChI is InChI=1S/C13H16BrNO/c1-4-5-10(3)13(16)15-12-8-9(2)6-7-11(12)14/h5-8H,4H2,1-3H3,(H,15,16)/b10-5-. The van der Waals surface area contributed by atoms with E-state index in [-0.39, 0.29) is 5.91 Å². The summed E-state index contributed by atoms with van der Waals surface area (Å²) in [5.74, 6) is -0.0480. The number of rotatable bonds is 3. The zero-order chi connectivity index (χ0) is 12.1. The van der Waals surface area contributed by atoms with Gasteiger partial charge >= 0.3 is 0 Å². The van der Waals surface area contributed by atoms with E-state index in [2.05, 4.69) is 21.2 Å². The summed E-state index contributed by atoms with van der Waals surface area (Å²) in [7, 11) is 0. The van der Waals surface area contributed by atoms with E-state index >= 15 is 0 Å². The van der Waals surface area contributed by atoms with Crippen molar-refractivity contribution in [1.82, 2.24) is 0 Å². The maximum absolute atomic E-state index is 11.8. The molecule has 0 aliphatic rings. The summed E-state index contributed by atoms with van der Waals surface area (Å²) in [6, 6.07) is 5.87. The van der Waals surface area contributed by atoms with E-state index < -0.39 is 0 Å². The summed E-state index contributed by atoms with van der Waals surface area (Å²) in [4.78, 5) is 11.8. The molecule has 0 fully saturated rings. The molecular formula is C13H16BrNO. The SMILES string of the molecule is CC/C=C(/C)C(=O)Nc1cc(C)ccc1Br. The summed E-state index contributed by atoms with van der Waals surface area (Å²) >= 11 is 3.41. The number of carbonyl (C=O) groups is 1. The molecule has 0 aliphatic carbocycles. The highest BCUT2D eigenvalue weighted by atomic mass is 79.9. The van der Waals surface area contributed by atoms with Gasteiger partial charge in [-0.05, 0) is 53.9 Å². The monoisotopic (exact) mass is 281 g/mol. The van der Waals surface area contributed by atoms with Crippen LogP contribution in [0, 0.1) is 6.92 Å². The van der Waals surface area contributed by atoms with Crippen molar-refractivity contribution in [3.63, 3.8) is 0 Å². The van der Waals surface area contributed by atoms with Gasteiger partial charge < -0.3 is 5.32 Å². The Kier molecular flexibility index (Phi) is 4.74. The molecule has 1 rings (SSSR count). The Labute approximate surface area is 105 Å². The molecule has 0 unspecified atom stereocenters. The lowest BCUT2D eigenvalue weighted by molar-refractivity contribution is -0.112. The molecule has 3 heteroatoms. The normalized spacial score (nSPS) is 11.4. The molecule has 1 aromatic carbocycles. The van der Waals surface area contributed by atoms with Crippen molar-refractivity contribution in [3.8, 4) is 0 Å². The Bertz CT molecular complexity index is 424. The molecule has 0 atom stereocenters. The van der Waals surface area contributed by atoms with Gasteiger partial charge in [-0.1, -0.05) is 19.1 Å². The number of allylic oxidation sites excluding steroid dienone is 1. The highest BCUT2D eigenvalue weighted by Gasteiger charge is 2.06. The first-order chi connectivity index (χ1) is 7.54. The first-order valence-electron chi connectivity index (χ1n) is 5.29. The van der Waals surface area contributed by atoms with Crippen molar-refractivity contribution in [1.29, 1.82) is 0 Å². The van der Waals surface area contributed by atoms with Gasteiger partial charge in [0.2, 0.25) is 0 Å². The van der Waals surface area contributed by atoms with Crippen LogP contribution in [0.25, 0.3) is 0 Å². The van der Waals surface area contributed by atoms with E-state index in [1.807, 2.05) is 45.0 Å². The molecule has 0 radical (unpaired) electrons. The van der Waals surface area contributed by atoms with E-state index in [4.69, 9.17) is 0 Å². The number of anilines is 1. The van der Waals surface area contributed by atoms with Crippen molar-refractivity contribution in [3.05, 3.63) is 39.9 Å². The van der Waals surface area contributed by atoms with E-state index in [9.17, 15) is 4.79 Å². The van der Waals surface area contributed by atoms with Gasteiger partial charge in [0, 0.05) is 10.0 Å². The van der Waals surface area contributed by atoms with Crippen LogP contribution in [0.5, 0.6) is 0 Å². The van der Waals surface area contributed by atoms with Gasteiger partial charge in [-0.2, -0.15) is 0 Å². The maximum atomic E-state index is 11.8. The zero-order valence-corrected chi connectivity index (χ0v) is 11.4. The number of aryl methyl sites for hydroxylation is 1. The third-order valence-corrected chi connectivity index (χ3v) is 2.93. The highest BCUT2D eigenvalue weighted by molar-refractivity contribution is 9.10. The molecule has 0 aliphatic heterocycles. The van der Waals surface area contributed by atoms with Crippen molar-refractivity contribution in [2.45, 2.75) is 27.2 Å². The van der Waals surface area contributed by atoms with Crippen molar-refractivity contribution in [2.24, 2.45) is 0 Å². The van der Waals surface area contributed by atoms with Crippen LogP contribution in [0.4, 0.5) is 5.69 Å². The topological polar surface area (TPSA) is 29.1 Å². The van der Waals surface area contributed by atoms with E-state index in [1.54, 1.807) is 0 Å². The van der Waals surface area contributed by atoms with Crippen LogP contribution in [-0.2, 0) is 4.79 Å². The molecule has 0 bridgehead atoms. The maximum Gasteiger partial charge on any atom is 0.251 e. The fourth-order valence-electron chi connectivity index (χ4n) is 1.35. The van der Waals surface area contributed by atoms with Gasteiger partial charge in [0.15, 0.2) is 0 Å². The minimum absolute atomic E-state index is 0.0480. The molecule has 16 heavy (non-hydrogen) atoms. The second-order valence-corrected chi connectivity index (χ2v) is 4.59. The summed E-state index contributed by atoms with van der Waals surface area (Å²) in [5, 5.41) is 2.88. The largest absolute Gasteiger partial charge is 0.321 e. The molecule has 1 amide bonds. The second-order valence-electron chi connectivity index (χ2n) is 3.73. The lowest BCUT2D eigenvalue weighted by Crippen LogP contribution is -2.13. The Morgan fingerprint density at radius 3 is 2.81 bits per heavy atom. The van der Waals surface area contributed by atoms with E-state index in [0.717, 1.165) is 27.7 Å². The van der Waals surface area contributed by atoms with Crippen LogP contribution in [0.2, 0.25) is 0 Å². The van der Waals surface area contributed by atoms with Gasteiger partial charge in [-0.15, -0.1) is 0 Å². The summed E-state index contributed by atoms with van der Waals surface area (Å²) in [6.07, 6.45) is 2.78. The molecule has 0 aromatic heterocycles. The van der Waals surface area contributed by atoms with Gasteiger partial charge in [0.25, 0.3) is 5.91 Å². The fourth-order valence-corrected chi connectivity index (χ4v) is 1.70. The average Bonchev–Trinajstić information content (AvgIpc) is 2.23. The number of hydrogen-bond donors (Lipinski definition) is 1. The molecule has 0 saturated carbocycles. The number of benzene rings is 1. The van der Waals surface area contributed by atoms with Crippen LogP contribution in [0.3, 0.4) is 0 Å². The highest BCUT2D eigenvalue weighted by Crippen LogP contribution is 2.23. The zero-order valence-electron chi connectivity index (χ0n) is 9.80. The van der Waals surface area contributed by atoms with E-state index in [1.165, 1.54) is 0 Å². The minimum atomic E-state index is -0.0480. The lowest BCUT2D eigenvalue weighted by Gasteiger charge is -2.08. The lowest BCUT2D eigenvalue weighted by atomic mass is 10.2. The number of nitrogens with one attached hydrogen (secondary N) is 1. The molecular weight excluding hydrogens is 266 g/mol. The predicted molar refractivity (Wildman–Crippen MR) is 71.6 cm³/mol. The summed E-state index contributed by atoms with van der Waals surface area (Å²) in [6.45, 7) is 5.83. The molecule has 0 heterocycles. The molecule has 86 valence electrons. The third kappa shape index (κ3) is 3.49. The first-order valence-corrected chi connectivity index (χ1v) is 6.08. The Balaban J connectivity index is 2.84. The number of carbonyl (C=O) groups excluding carboxylic acids is 1. The minimum Gasteiger partial charge on any atom is -0.321 e. The van der Waals surface area contributed by atoms with Crippen molar-refractivity contribution < 1.29 is 4.79 Å². The molecule has 0 spiro atoms. The van der Waals surface area contributed by atoms with Crippen molar-refractivity contribution >= 4 is 27.5 Å². The second kappa shape index (κ2) is 5.85. The van der Waals surface area contributed by atoms with Gasteiger partial charge in [0.1, 0.15) is 0 Å². The number of halogens is 1. The molecule has 1 aromatic rings. The number of amides is 1.